The summed E-state index contributed by atoms with van der Waals surface area (Å²) in [6.45, 7) is 0. The molecule has 76 valence electrons. The van der Waals surface area contributed by atoms with Crippen LogP contribution in [0.3, 0.4) is 0 Å². The number of benzene rings is 1. The highest BCUT2D eigenvalue weighted by Crippen LogP contribution is 2.25. The molecule has 1 aromatic carbocycles. The summed E-state index contributed by atoms with van der Waals surface area (Å²) in [7, 11) is 0. The van der Waals surface area contributed by atoms with Gasteiger partial charge in [0.2, 0.25) is 0 Å². The average Bonchev–Trinajstić information content (AvgIpc) is 2.65. The van der Waals surface area contributed by atoms with Gasteiger partial charge in [-0.1, -0.05) is 28.9 Å². The van der Waals surface area contributed by atoms with E-state index < -0.39 is 5.97 Å². The second kappa shape index (κ2) is 3.74. The Balaban J connectivity index is 2.54. The molecule has 4 nitrogen and oxygen atoms in total. The van der Waals surface area contributed by atoms with Gasteiger partial charge in [0.05, 0.1) is 11.8 Å². The summed E-state index contributed by atoms with van der Waals surface area (Å²) in [5, 5.41) is 12.8. The first-order valence-corrected chi connectivity index (χ1v) is 4.50. The van der Waals surface area contributed by atoms with Gasteiger partial charge in [-0.2, -0.15) is 0 Å². The number of hydrogen-bond donors (Lipinski definition) is 1. The summed E-state index contributed by atoms with van der Waals surface area (Å²) >= 11 is 5.80. The molecule has 1 aromatic heterocycles. The Morgan fingerprint density at radius 1 is 1.47 bits per heavy atom. The van der Waals surface area contributed by atoms with Gasteiger partial charge < -0.3 is 9.63 Å². The number of nitrogens with zero attached hydrogens (tertiary/aromatic N) is 1. The summed E-state index contributed by atoms with van der Waals surface area (Å²) in [5.41, 5.74) is 1.09. The molecule has 0 amide bonds. The van der Waals surface area contributed by atoms with Gasteiger partial charge in [-0.25, -0.2) is 4.79 Å². The molecule has 0 unspecified atom stereocenters. The largest absolute Gasteiger partial charge is 0.475 e. The van der Waals surface area contributed by atoms with Crippen LogP contribution in [0.1, 0.15) is 10.6 Å². The number of carboxylic acid groups (broad SMARTS) is 1. The minimum absolute atomic E-state index is 0.183. The maximum absolute atomic E-state index is 10.8. The van der Waals surface area contributed by atoms with Crippen LogP contribution in [0.5, 0.6) is 0 Å². The predicted molar refractivity (Wildman–Crippen MR) is 53.9 cm³/mol. The number of carboxylic acids is 1. The number of aromatic carboxylic acids is 1. The number of halogens is 1. The number of aromatic nitrogens is 1. The van der Waals surface area contributed by atoms with Crippen LogP contribution in [0.4, 0.5) is 0 Å². The van der Waals surface area contributed by atoms with Crippen molar-refractivity contribution in [3.05, 3.63) is 41.2 Å². The van der Waals surface area contributed by atoms with E-state index in [1.165, 1.54) is 6.20 Å². The van der Waals surface area contributed by atoms with E-state index >= 15 is 0 Å². The van der Waals surface area contributed by atoms with Gasteiger partial charge in [-0.15, -0.1) is 0 Å². The molecule has 1 N–H and O–H groups in total. The lowest BCUT2D eigenvalue weighted by Crippen LogP contribution is -1.95. The molecular weight excluding hydrogens is 218 g/mol. The van der Waals surface area contributed by atoms with Crippen LogP contribution < -0.4 is 0 Å². The van der Waals surface area contributed by atoms with E-state index in [1.807, 2.05) is 0 Å². The molecule has 0 saturated carbocycles. The zero-order valence-corrected chi connectivity index (χ0v) is 8.23. The molecular formula is C10H6ClNO3. The Labute approximate surface area is 90.1 Å². The minimum atomic E-state index is -1.15. The fourth-order valence-corrected chi connectivity index (χ4v) is 1.45. The quantitative estimate of drug-likeness (QED) is 0.850. The van der Waals surface area contributed by atoms with E-state index in [4.69, 9.17) is 16.7 Å². The first-order chi connectivity index (χ1) is 7.18. The van der Waals surface area contributed by atoms with Crippen molar-refractivity contribution in [2.75, 3.05) is 0 Å². The van der Waals surface area contributed by atoms with E-state index in [2.05, 4.69) is 9.68 Å². The van der Waals surface area contributed by atoms with Crippen molar-refractivity contribution in [1.82, 2.24) is 5.16 Å². The molecule has 0 atom stereocenters. The average molecular weight is 224 g/mol. The Kier molecular flexibility index (Phi) is 2.43. The van der Waals surface area contributed by atoms with Crippen LogP contribution in [0.25, 0.3) is 11.1 Å². The third kappa shape index (κ3) is 1.85. The second-order valence-electron chi connectivity index (χ2n) is 2.88. The molecule has 0 aliphatic carbocycles. The summed E-state index contributed by atoms with van der Waals surface area (Å²) in [6, 6.07) is 6.83. The van der Waals surface area contributed by atoms with Crippen molar-refractivity contribution in [3.63, 3.8) is 0 Å². The monoisotopic (exact) mass is 223 g/mol. The summed E-state index contributed by atoms with van der Waals surface area (Å²) < 4.78 is 4.63. The Hall–Kier alpha value is -1.81. The van der Waals surface area contributed by atoms with E-state index in [0.717, 1.165) is 0 Å². The minimum Gasteiger partial charge on any atom is -0.475 e. The Morgan fingerprint density at radius 2 is 2.27 bits per heavy atom. The molecule has 0 bridgehead atoms. The van der Waals surface area contributed by atoms with Crippen molar-refractivity contribution >= 4 is 17.6 Å². The molecule has 0 aliphatic rings. The Morgan fingerprint density at radius 3 is 2.93 bits per heavy atom. The lowest BCUT2D eigenvalue weighted by molar-refractivity contribution is 0.0653. The fraction of sp³-hybridized carbons (Fsp3) is 0. The lowest BCUT2D eigenvalue weighted by Gasteiger charge is -1.98. The van der Waals surface area contributed by atoms with E-state index in [0.29, 0.717) is 16.1 Å². The van der Waals surface area contributed by atoms with Crippen molar-refractivity contribution in [1.29, 1.82) is 0 Å². The fourth-order valence-electron chi connectivity index (χ4n) is 1.26. The van der Waals surface area contributed by atoms with Gasteiger partial charge in [0.25, 0.3) is 5.76 Å². The van der Waals surface area contributed by atoms with E-state index in [-0.39, 0.29) is 5.76 Å². The number of carbonyl (C=O) groups is 1. The standard InChI is InChI=1S/C10H6ClNO3/c11-7-3-1-2-6(4-7)8-5-12-15-9(8)10(13)14/h1-5H,(H,13,14). The summed E-state index contributed by atoms with van der Waals surface area (Å²) in [4.78, 5) is 10.8. The zero-order valence-electron chi connectivity index (χ0n) is 7.48. The molecule has 0 fully saturated rings. The van der Waals surface area contributed by atoms with Gasteiger partial charge in [0.1, 0.15) is 0 Å². The van der Waals surface area contributed by atoms with Gasteiger partial charge in [-0.05, 0) is 17.7 Å². The van der Waals surface area contributed by atoms with Gasteiger partial charge in [0, 0.05) is 5.02 Å². The zero-order chi connectivity index (χ0) is 10.8. The van der Waals surface area contributed by atoms with Crippen LogP contribution in [0.2, 0.25) is 5.02 Å². The molecule has 0 spiro atoms. The maximum Gasteiger partial charge on any atom is 0.375 e. The number of rotatable bonds is 2. The number of hydrogen-bond acceptors (Lipinski definition) is 3. The maximum atomic E-state index is 10.8. The normalized spacial score (nSPS) is 10.2. The van der Waals surface area contributed by atoms with E-state index in [9.17, 15) is 4.79 Å². The molecule has 2 rings (SSSR count). The topological polar surface area (TPSA) is 63.3 Å². The first kappa shape index (κ1) is 9.73. The smallest absolute Gasteiger partial charge is 0.375 e. The van der Waals surface area contributed by atoms with Crippen LogP contribution in [-0.4, -0.2) is 16.2 Å². The molecule has 0 radical (unpaired) electrons. The molecule has 0 saturated heterocycles. The lowest BCUT2D eigenvalue weighted by atomic mass is 10.1. The summed E-state index contributed by atoms with van der Waals surface area (Å²) in [6.07, 6.45) is 1.36. The SMILES string of the molecule is O=C(O)c1oncc1-c1cccc(Cl)c1. The third-order valence-corrected chi connectivity index (χ3v) is 2.14. The molecule has 15 heavy (non-hydrogen) atoms. The highest BCUT2D eigenvalue weighted by atomic mass is 35.5. The predicted octanol–water partition coefficient (Wildman–Crippen LogP) is 2.69. The van der Waals surface area contributed by atoms with Crippen LogP contribution in [0, 0.1) is 0 Å². The van der Waals surface area contributed by atoms with Crippen LogP contribution in [0.15, 0.2) is 35.0 Å². The Bertz CT molecular complexity index is 507. The highest BCUT2D eigenvalue weighted by Gasteiger charge is 2.16. The van der Waals surface area contributed by atoms with Crippen molar-refractivity contribution < 1.29 is 14.4 Å². The van der Waals surface area contributed by atoms with Gasteiger partial charge in [0.15, 0.2) is 0 Å². The van der Waals surface area contributed by atoms with Crippen LogP contribution >= 0.6 is 11.6 Å². The molecule has 5 heteroatoms. The highest BCUT2D eigenvalue weighted by molar-refractivity contribution is 6.30. The van der Waals surface area contributed by atoms with Gasteiger partial charge in [-0.3, -0.25) is 0 Å². The third-order valence-electron chi connectivity index (χ3n) is 1.90. The van der Waals surface area contributed by atoms with Gasteiger partial charge >= 0.3 is 5.97 Å². The molecule has 2 aromatic rings. The van der Waals surface area contributed by atoms with Crippen molar-refractivity contribution in [2.45, 2.75) is 0 Å². The van der Waals surface area contributed by atoms with Crippen molar-refractivity contribution in [2.24, 2.45) is 0 Å². The van der Waals surface area contributed by atoms with Crippen LogP contribution in [-0.2, 0) is 0 Å². The van der Waals surface area contributed by atoms with Crippen molar-refractivity contribution in [3.8, 4) is 11.1 Å². The molecule has 1 heterocycles. The molecule has 0 aliphatic heterocycles. The summed E-state index contributed by atoms with van der Waals surface area (Å²) in [5.74, 6) is -1.33. The second-order valence-corrected chi connectivity index (χ2v) is 3.32. The van der Waals surface area contributed by atoms with E-state index in [1.54, 1.807) is 24.3 Å². The first-order valence-electron chi connectivity index (χ1n) is 4.12.